The van der Waals surface area contributed by atoms with Crippen molar-refractivity contribution in [1.82, 2.24) is 4.98 Å². The van der Waals surface area contributed by atoms with E-state index < -0.39 is 0 Å². The van der Waals surface area contributed by atoms with Crippen molar-refractivity contribution in [3.05, 3.63) is 36.4 Å². The van der Waals surface area contributed by atoms with Crippen LogP contribution in [0.3, 0.4) is 0 Å². The summed E-state index contributed by atoms with van der Waals surface area (Å²) in [6, 6.07) is 4.49. The molecule has 3 nitrogen and oxygen atoms in total. The van der Waals surface area contributed by atoms with Gasteiger partial charge in [0, 0.05) is 29.6 Å². The molecule has 0 saturated heterocycles. The first kappa shape index (κ1) is 11.5. The molecular formula is C13H13FN2O. The van der Waals surface area contributed by atoms with Crippen molar-refractivity contribution in [2.45, 2.75) is 19.8 Å². The van der Waals surface area contributed by atoms with Gasteiger partial charge in [0.2, 0.25) is 5.91 Å². The molecule has 17 heavy (non-hydrogen) atoms. The summed E-state index contributed by atoms with van der Waals surface area (Å²) in [6.45, 7) is 1.92. The lowest BCUT2D eigenvalue weighted by molar-refractivity contribution is -0.116. The van der Waals surface area contributed by atoms with E-state index in [1.165, 1.54) is 12.1 Å². The number of rotatable bonds is 3. The molecule has 2 rings (SSSR count). The van der Waals surface area contributed by atoms with Crippen molar-refractivity contribution in [2.75, 3.05) is 5.32 Å². The maximum atomic E-state index is 13.4. The van der Waals surface area contributed by atoms with Crippen LogP contribution in [-0.4, -0.2) is 10.9 Å². The Hall–Kier alpha value is -1.97. The first-order chi connectivity index (χ1) is 8.20. The minimum atomic E-state index is -0.378. The van der Waals surface area contributed by atoms with Gasteiger partial charge in [-0.2, -0.15) is 0 Å². The SMILES string of the molecule is CCCC(=O)Nc1cc(F)cc2cnccc12. The average molecular weight is 232 g/mol. The molecule has 0 unspecified atom stereocenters. The Labute approximate surface area is 98.7 Å². The van der Waals surface area contributed by atoms with E-state index >= 15 is 0 Å². The monoisotopic (exact) mass is 232 g/mol. The standard InChI is InChI=1S/C13H13FN2O/c1-2-3-13(17)16-12-7-10(14)6-9-8-15-5-4-11(9)12/h4-8H,2-3H2,1H3,(H,16,17). The molecule has 0 aliphatic carbocycles. The van der Waals surface area contributed by atoms with Crippen molar-refractivity contribution in [3.63, 3.8) is 0 Å². The molecule has 4 heteroatoms. The van der Waals surface area contributed by atoms with Gasteiger partial charge in [0.25, 0.3) is 0 Å². The molecule has 0 radical (unpaired) electrons. The molecule has 0 spiro atoms. The second-order valence-corrected chi connectivity index (χ2v) is 3.85. The molecule has 0 fully saturated rings. The molecule has 0 atom stereocenters. The van der Waals surface area contributed by atoms with Crippen LogP contribution in [-0.2, 0) is 4.79 Å². The Bertz CT molecular complexity index is 554. The molecule has 1 aromatic carbocycles. The van der Waals surface area contributed by atoms with Gasteiger partial charge in [0.1, 0.15) is 5.82 Å². The molecule has 0 bridgehead atoms. The van der Waals surface area contributed by atoms with Crippen LogP contribution in [0.4, 0.5) is 10.1 Å². The summed E-state index contributed by atoms with van der Waals surface area (Å²) < 4.78 is 13.4. The fourth-order valence-corrected chi connectivity index (χ4v) is 1.72. The van der Waals surface area contributed by atoms with E-state index in [1.807, 2.05) is 6.92 Å². The van der Waals surface area contributed by atoms with Gasteiger partial charge in [-0.25, -0.2) is 4.39 Å². The zero-order valence-electron chi connectivity index (χ0n) is 9.53. The molecule has 2 aromatic rings. The predicted octanol–water partition coefficient (Wildman–Crippen LogP) is 3.11. The van der Waals surface area contributed by atoms with Crippen LogP contribution < -0.4 is 5.32 Å². The molecule has 1 heterocycles. The zero-order chi connectivity index (χ0) is 12.3. The molecule has 0 aliphatic rings. The number of halogens is 1. The summed E-state index contributed by atoms with van der Waals surface area (Å²) in [5, 5.41) is 4.20. The molecule has 88 valence electrons. The second kappa shape index (κ2) is 4.91. The number of anilines is 1. The number of carbonyl (C=O) groups excluding carboxylic acids is 1. The number of hydrogen-bond acceptors (Lipinski definition) is 2. The van der Waals surface area contributed by atoms with Crippen molar-refractivity contribution < 1.29 is 9.18 Å². The second-order valence-electron chi connectivity index (χ2n) is 3.85. The average Bonchev–Trinajstić information content (AvgIpc) is 2.29. The van der Waals surface area contributed by atoms with Gasteiger partial charge in [-0.1, -0.05) is 6.92 Å². The van der Waals surface area contributed by atoms with E-state index in [4.69, 9.17) is 0 Å². The maximum Gasteiger partial charge on any atom is 0.224 e. The van der Waals surface area contributed by atoms with E-state index in [2.05, 4.69) is 10.3 Å². The van der Waals surface area contributed by atoms with Crippen LogP contribution in [0.1, 0.15) is 19.8 Å². The lowest BCUT2D eigenvalue weighted by Crippen LogP contribution is -2.11. The van der Waals surface area contributed by atoms with Gasteiger partial charge in [-0.15, -0.1) is 0 Å². The summed E-state index contributed by atoms with van der Waals surface area (Å²) in [4.78, 5) is 15.4. The summed E-state index contributed by atoms with van der Waals surface area (Å²) in [6.07, 6.45) is 4.40. The third kappa shape index (κ3) is 2.58. The highest BCUT2D eigenvalue weighted by atomic mass is 19.1. The van der Waals surface area contributed by atoms with Crippen LogP contribution in [0, 0.1) is 5.82 Å². The Morgan fingerprint density at radius 1 is 1.47 bits per heavy atom. The fourth-order valence-electron chi connectivity index (χ4n) is 1.72. The van der Waals surface area contributed by atoms with Crippen LogP contribution >= 0.6 is 0 Å². The fraction of sp³-hybridized carbons (Fsp3) is 0.231. The quantitative estimate of drug-likeness (QED) is 0.883. The Kier molecular flexibility index (Phi) is 3.32. The van der Waals surface area contributed by atoms with Gasteiger partial charge in [0.15, 0.2) is 0 Å². The smallest absolute Gasteiger partial charge is 0.224 e. The summed E-state index contributed by atoms with van der Waals surface area (Å²) in [5.41, 5.74) is 0.501. The highest BCUT2D eigenvalue weighted by Gasteiger charge is 2.07. The molecule has 1 N–H and O–H groups in total. The lowest BCUT2D eigenvalue weighted by Gasteiger charge is -2.08. The first-order valence-electron chi connectivity index (χ1n) is 5.54. The lowest BCUT2D eigenvalue weighted by atomic mass is 10.1. The molecule has 1 aromatic heterocycles. The third-order valence-corrected chi connectivity index (χ3v) is 2.47. The highest BCUT2D eigenvalue weighted by Crippen LogP contribution is 2.24. The third-order valence-electron chi connectivity index (χ3n) is 2.47. The van der Waals surface area contributed by atoms with Crippen molar-refractivity contribution in [2.24, 2.45) is 0 Å². The highest BCUT2D eigenvalue weighted by molar-refractivity contribution is 6.01. The molecule has 0 saturated carbocycles. The van der Waals surface area contributed by atoms with Crippen LogP contribution in [0.25, 0.3) is 10.8 Å². The Morgan fingerprint density at radius 3 is 3.06 bits per heavy atom. The summed E-state index contributed by atoms with van der Waals surface area (Å²) >= 11 is 0. The van der Waals surface area contributed by atoms with Crippen LogP contribution in [0.15, 0.2) is 30.6 Å². The van der Waals surface area contributed by atoms with Crippen LogP contribution in [0.5, 0.6) is 0 Å². The Balaban J connectivity index is 2.42. The van der Waals surface area contributed by atoms with E-state index in [-0.39, 0.29) is 11.7 Å². The van der Waals surface area contributed by atoms with Crippen molar-refractivity contribution >= 4 is 22.4 Å². The summed E-state index contributed by atoms with van der Waals surface area (Å²) in [7, 11) is 0. The predicted molar refractivity (Wildman–Crippen MR) is 65.2 cm³/mol. The van der Waals surface area contributed by atoms with Crippen molar-refractivity contribution in [1.29, 1.82) is 0 Å². The number of pyridine rings is 1. The van der Waals surface area contributed by atoms with Gasteiger partial charge in [0.05, 0.1) is 5.69 Å². The van der Waals surface area contributed by atoms with Gasteiger partial charge in [-0.3, -0.25) is 9.78 Å². The molecule has 1 amide bonds. The maximum absolute atomic E-state index is 13.4. The minimum absolute atomic E-state index is 0.101. The number of fused-ring (bicyclic) bond motifs is 1. The first-order valence-corrected chi connectivity index (χ1v) is 5.54. The number of benzene rings is 1. The normalized spacial score (nSPS) is 10.5. The largest absolute Gasteiger partial charge is 0.325 e. The van der Waals surface area contributed by atoms with Crippen molar-refractivity contribution in [3.8, 4) is 0 Å². The number of nitrogens with zero attached hydrogens (tertiary/aromatic N) is 1. The van der Waals surface area contributed by atoms with Gasteiger partial charge in [-0.05, 0) is 24.6 Å². The number of aromatic nitrogens is 1. The van der Waals surface area contributed by atoms with Gasteiger partial charge < -0.3 is 5.32 Å². The number of nitrogens with one attached hydrogen (secondary N) is 1. The Morgan fingerprint density at radius 2 is 2.29 bits per heavy atom. The minimum Gasteiger partial charge on any atom is -0.325 e. The summed E-state index contributed by atoms with van der Waals surface area (Å²) in [5.74, 6) is -0.478. The number of amides is 1. The van der Waals surface area contributed by atoms with Gasteiger partial charge >= 0.3 is 0 Å². The molecular weight excluding hydrogens is 219 g/mol. The molecule has 0 aliphatic heterocycles. The van der Waals surface area contributed by atoms with Crippen LogP contribution in [0.2, 0.25) is 0 Å². The van der Waals surface area contributed by atoms with E-state index in [1.54, 1.807) is 18.5 Å². The topological polar surface area (TPSA) is 42.0 Å². The van der Waals surface area contributed by atoms with E-state index in [0.29, 0.717) is 17.5 Å². The zero-order valence-corrected chi connectivity index (χ0v) is 9.53. The number of hydrogen-bond donors (Lipinski definition) is 1. The van der Waals surface area contributed by atoms with E-state index in [9.17, 15) is 9.18 Å². The van der Waals surface area contributed by atoms with E-state index in [0.717, 1.165) is 11.8 Å². The number of carbonyl (C=O) groups is 1.